The van der Waals surface area contributed by atoms with E-state index in [2.05, 4.69) is 4.74 Å². The van der Waals surface area contributed by atoms with Crippen LogP contribution in [0.15, 0.2) is 46.6 Å². The molecule has 2 aliphatic rings. The molecule has 148 valence electrons. The Morgan fingerprint density at radius 3 is 1.07 bits per heavy atom. The second-order valence-corrected chi connectivity index (χ2v) is 6.49. The molecule has 0 aromatic carbocycles. The molecular formula is C12H2F8O5S2. The lowest BCUT2D eigenvalue weighted by atomic mass is 10.0. The Bertz CT molecular complexity index is 1030. The Balaban J connectivity index is 2.71. The fraction of sp³-hybridized carbons (Fsp3) is 0.167. The molecule has 0 amide bonds. The van der Waals surface area contributed by atoms with Crippen LogP contribution < -0.4 is 0 Å². The number of hydrogen-bond acceptors (Lipinski definition) is 5. The first-order valence-electron chi connectivity index (χ1n) is 6.21. The molecule has 0 aromatic rings. The topological polar surface area (TPSA) is 77.5 Å². The van der Waals surface area contributed by atoms with Crippen molar-refractivity contribution in [2.75, 3.05) is 0 Å². The van der Waals surface area contributed by atoms with Gasteiger partial charge in [-0.15, -0.1) is 0 Å². The summed E-state index contributed by atoms with van der Waals surface area (Å²) < 4.78 is 156. The number of ether oxygens (including phenoxy) is 1. The van der Waals surface area contributed by atoms with E-state index in [-0.39, 0.29) is 0 Å². The van der Waals surface area contributed by atoms with Crippen molar-refractivity contribution >= 4 is 30.3 Å². The summed E-state index contributed by atoms with van der Waals surface area (Å²) in [6.45, 7) is 0. The Morgan fingerprint density at radius 1 is 0.519 bits per heavy atom. The van der Waals surface area contributed by atoms with E-state index in [1.165, 1.54) is 0 Å². The summed E-state index contributed by atoms with van der Waals surface area (Å²) in [7, 11) is -7.76. The molecule has 0 saturated heterocycles. The summed E-state index contributed by atoms with van der Waals surface area (Å²) in [6, 6.07) is 0. The van der Waals surface area contributed by atoms with Crippen LogP contribution in [0.1, 0.15) is 0 Å². The molecule has 27 heavy (non-hydrogen) atoms. The minimum Gasteiger partial charge on any atom is -0.349 e. The fourth-order valence-corrected chi connectivity index (χ4v) is 3.15. The predicted molar refractivity (Wildman–Crippen MR) is 73.5 cm³/mol. The van der Waals surface area contributed by atoms with Gasteiger partial charge in [0.1, 0.15) is 9.73 Å². The third kappa shape index (κ3) is 3.37. The van der Waals surface area contributed by atoms with E-state index in [1.54, 1.807) is 0 Å². The standard InChI is InChI=1S/C12H2F8O5S2/c13-1-3(15)7(19)11(26(21)22)9(5(1)17)25-10-6(18)2(14)4(16)8(20)12(10)27(23)24/h9-10H. The third-order valence-corrected chi connectivity index (χ3v) is 4.70. The van der Waals surface area contributed by atoms with Crippen molar-refractivity contribution in [2.24, 2.45) is 0 Å². The zero-order valence-corrected chi connectivity index (χ0v) is 13.7. The van der Waals surface area contributed by atoms with Gasteiger partial charge in [0.25, 0.3) is 0 Å². The first-order chi connectivity index (χ1) is 12.4. The molecule has 0 aliphatic heterocycles. The van der Waals surface area contributed by atoms with E-state index >= 15 is 0 Å². The average molecular weight is 442 g/mol. The SMILES string of the molecule is O=S(=O)=C1C(F)=C(F)C(F)=C(F)C1OC1C(F)=C(F)C(F)=C(F)C1=S(=O)=O. The molecule has 0 radical (unpaired) electrons. The highest BCUT2D eigenvalue weighted by atomic mass is 32.2. The van der Waals surface area contributed by atoms with Crippen LogP contribution in [0.2, 0.25) is 0 Å². The van der Waals surface area contributed by atoms with Crippen molar-refractivity contribution in [3.05, 3.63) is 46.6 Å². The third-order valence-electron chi connectivity index (χ3n) is 3.19. The van der Waals surface area contributed by atoms with Crippen molar-refractivity contribution in [2.45, 2.75) is 12.2 Å². The summed E-state index contributed by atoms with van der Waals surface area (Å²) in [6.07, 6.45) is -6.34. The number of rotatable bonds is 2. The van der Waals surface area contributed by atoms with Gasteiger partial charge in [0.2, 0.25) is 20.6 Å². The monoisotopic (exact) mass is 442 g/mol. The number of halogens is 8. The zero-order chi connectivity index (χ0) is 20.8. The van der Waals surface area contributed by atoms with Gasteiger partial charge in [0.15, 0.2) is 58.8 Å². The summed E-state index contributed by atoms with van der Waals surface area (Å²) in [4.78, 5) is -3.99. The van der Waals surface area contributed by atoms with Gasteiger partial charge in [-0.05, 0) is 0 Å². The molecule has 2 atom stereocenters. The van der Waals surface area contributed by atoms with Crippen LogP contribution in [-0.2, 0) is 25.3 Å². The molecule has 2 rings (SSSR count). The lowest BCUT2D eigenvalue weighted by molar-refractivity contribution is 0.0728. The molecule has 0 heterocycles. The lowest BCUT2D eigenvalue weighted by Crippen LogP contribution is -2.40. The maximum atomic E-state index is 13.8. The summed E-state index contributed by atoms with van der Waals surface area (Å²) in [5, 5.41) is 0. The van der Waals surface area contributed by atoms with Crippen molar-refractivity contribution in [1.82, 2.24) is 0 Å². The molecule has 0 bridgehead atoms. The molecule has 0 fully saturated rings. The predicted octanol–water partition coefficient (Wildman–Crippen LogP) is 2.47. The summed E-state index contributed by atoms with van der Waals surface area (Å²) in [5.41, 5.74) is 0. The van der Waals surface area contributed by atoms with E-state index < -0.39 is 89.1 Å². The van der Waals surface area contributed by atoms with Gasteiger partial charge in [0.05, 0.1) is 0 Å². The van der Waals surface area contributed by atoms with Crippen LogP contribution in [0.5, 0.6) is 0 Å². The van der Waals surface area contributed by atoms with Crippen LogP contribution in [0.3, 0.4) is 0 Å². The minimum atomic E-state index is -3.88. The summed E-state index contributed by atoms with van der Waals surface area (Å²) in [5.74, 6) is -20.5. The molecule has 15 heteroatoms. The smallest absolute Gasteiger partial charge is 0.223 e. The van der Waals surface area contributed by atoms with E-state index in [0.717, 1.165) is 0 Å². The molecule has 0 spiro atoms. The molecule has 0 saturated carbocycles. The molecule has 0 N–H and O–H groups in total. The largest absolute Gasteiger partial charge is 0.349 e. The highest BCUT2D eigenvalue weighted by molar-refractivity contribution is 7.73. The van der Waals surface area contributed by atoms with Gasteiger partial charge in [-0.3, -0.25) is 0 Å². The van der Waals surface area contributed by atoms with Crippen molar-refractivity contribution < 1.29 is 56.7 Å². The Labute approximate surface area is 146 Å². The van der Waals surface area contributed by atoms with Gasteiger partial charge in [-0.2, -0.15) is 16.8 Å². The Hall–Kier alpha value is -2.26. The van der Waals surface area contributed by atoms with Gasteiger partial charge >= 0.3 is 0 Å². The van der Waals surface area contributed by atoms with Crippen LogP contribution in [0.4, 0.5) is 35.1 Å². The van der Waals surface area contributed by atoms with E-state index in [0.29, 0.717) is 0 Å². The maximum Gasteiger partial charge on any atom is 0.223 e. The van der Waals surface area contributed by atoms with Crippen LogP contribution in [0, 0.1) is 0 Å². The lowest BCUT2D eigenvalue weighted by Gasteiger charge is -2.26. The molecular weight excluding hydrogens is 440 g/mol. The molecule has 2 unspecified atom stereocenters. The average Bonchev–Trinajstić information content (AvgIpc) is 2.59. The maximum absolute atomic E-state index is 13.8. The van der Waals surface area contributed by atoms with Crippen molar-refractivity contribution in [3.63, 3.8) is 0 Å². The van der Waals surface area contributed by atoms with E-state index in [9.17, 15) is 52.0 Å². The molecule has 0 aromatic heterocycles. The minimum absolute atomic E-state index is 1.99. The first kappa shape index (κ1) is 21.0. The quantitative estimate of drug-likeness (QED) is 0.485. The van der Waals surface area contributed by atoms with Gasteiger partial charge < -0.3 is 4.74 Å². The van der Waals surface area contributed by atoms with Crippen LogP contribution in [0.25, 0.3) is 0 Å². The van der Waals surface area contributed by atoms with Gasteiger partial charge in [-0.1, -0.05) is 0 Å². The van der Waals surface area contributed by atoms with Crippen molar-refractivity contribution in [1.29, 1.82) is 0 Å². The highest BCUT2D eigenvalue weighted by Gasteiger charge is 2.45. The second-order valence-electron chi connectivity index (χ2n) is 4.67. The van der Waals surface area contributed by atoms with E-state index in [1.807, 2.05) is 0 Å². The van der Waals surface area contributed by atoms with Gasteiger partial charge in [0, 0.05) is 0 Å². The first-order valence-corrected chi connectivity index (χ1v) is 8.36. The van der Waals surface area contributed by atoms with Crippen LogP contribution >= 0.6 is 0 Å². The number of hydrogen-bond donors (Lipinski definition) is 0. The summed E-state index contributed by atoms with van der Waals surface area (Å²) >= 11 is 0. The number of allylic oxidation sites excluding steroid dienone is 4. The molecule has 5 nitrogen and oxygen atoms in total. The highest BCUT2D eigenvalue weighted by Crippen LogP contribution is 2.38. The van der Waals surface area contributed by atoms with Crippen LogP contribution in [-0.4, -0.2) is 38.8 Å². The zero-order valence-electron chi connectivity index (χ0n) is 12.0. The normalized spacial score (nSPS) is 24.3. The second kappa shape index (κ2) is 7.40. The van der Waals surface area contributed by atoms with E-state index in [4.69, 9.17) is 0 Å². The molecule has 2 aliphatic carbocycles. The Kier molecular flexibility index (Phi) is 5.77. The fourth-order valence-electron chi connectivity index (χ4n) is 2.01. The van der Waals surface area contributed by atoms with Gasteiger partial charge in [-0.25, -0.2) is 35.1 Å². The Morgan fingerprint density at radius 2 is 0.815 bits per heavy atom. The van der Waals surface area contributed by atoms with Crippen molar-refractivity contribution in [3.8, 4) is 0 Å².